The highest BCUT2D eigenvalue weighted by Crippen LogP contribution is 2.28. The maximum absolute atomic E-state index is 10.9. The van der Waals surface area contributed by atoms with Gasteiger partial charge in [-0.15, -0.1) is 0 Å². The predicted molar refractivity (Wildman–Crippen MR) is 77.1 cm³/mol. The van der Waals surface area contributed by atoms with Gasteiger partial charge in [-0.05, 0) is 31.0 Å². The van der Waals surface area contributed by atoms with Gasteiger partial charge in [0.25, 0.3) is 0 Å². The minimum atomic E-state index is -0.0901. The van der Waals surface area contributed by atoms with Gasteiger partial charge in [0.05, 0.1) is 13.7 Å². The molecule has 1 aromatic rings. The van der Waals surface area contributed by atoms with Crippen LogP contribution in [0.2, 0.25) is 0 Å². The van der Waals surface area contributed by atoms with Gasteiger partial charge >= 0.3 is 0 Å². The number of carbonyl (C=O) groups is 1. The molecule has 0 fully saturated rings. The molecule has 1 rings (SSSR count). The van der Waals surface area contributed by atoms with Crippen LogP contribution in [0.25, 0.3) is 0 Å². The number of amides is 1. The van der Waals surface area contributed by atoms with Crippen LogP contribution in [0.1, 0.15) is 19.4 Å². The monoisotopic (exact) mass is 281 g/mol. The largest absolute Gasteiger partial charge is 0.493 e. The average molecular weight is 281 g/mol. The molecule has 0 aliphatic heterocycles. The highest BCUT2D eigenvalue weighted by atomic mass is 16.5. The molecule has 0 heterocycles. The van der Waals surface area contributed by atoms with Gasteiger partial charge < -0.3 is 19.9 Å². The minimum Gasteiger partial charge on any atom is -0.493 e. The standard InChI is InChI=1S/C15H23NO4/c1-4-20-14-6-5-12(8-15(14)19-3)7-13(10-17)9-16-11(2)18/h5-6,8,13,17H,4,7,9-10H2,1-3H3,(H,16,18). The highest BCUT2D eigenvalue weighted by molar-refractivity contribution is 5.72. The number of nitrogens with one attached hydrogen (secondary N) is 1. The Kier molecular flexibility index (Phi) is 6.87. The summed E-state index contributed by atoms with van der Waals surface area (Å²) in [5, 5.41) is 12.1. The lowest BCUT2D eigenvalue weighted by atomic mass is 9.99. The number of ether oxygens (including phenoxy) is 2. The molecule has 1 atom stereocenters. The van der Waals surface area contributed by atoms with E-state index in [0.29, 0.717) is 31.1 Å². The average Bonchev–Trinajstić information content (AvgIpc) is 2.44. The second-order valence-corrected chi connectivity index (χ2v) is 4.61. The Morgan fingerprint density at radius 3 is 2.70 bits per heavy atom. The van der Waals surface area contributed by atoms with Crippen LogP contribution < -0.4 is 14.8 Å². The Bertz CT molecular complexity index is 434. The Morgan fingerprint density at radius 2 is 2.15 bits per heavy atom. The van der Waals surface area contributed by atoms with Crippen molar-refractivity contribution in [1.82, 2.24) is 5.32 Å². The third-order valence-electron chi connectivity index (χ3n) is 2.95. The van der Waals surface area contributed by atoms with Crippen molar-refractivity contribution in [2.75, 3.05) is 26.9 Å². The van der Waals surface area contributed by atoms with E-state index in [9.17, 15) is 9.90 Å². The van der Waals surface area contributed by atoms with Crippen LogP contribution in [0.3, 0.4) is 0 Å². The Labute approximate surface area is 119 Å². The van der Waals surface area contributed by atoms with Crippen LogP contribution in [-0.4, -0.2) is 37.9 Å². The second-order valence-electron chi connectivity index (χ2n) is 4.61. The summed E-state index contributed by atoms with van der Waals surface area (Å²) in [7, 11) is 1.60. The first-order valence-electron chi connectivity index (χ1n) is 6.75. The fraction of sp³-hybridized carbons (Fsp3) is 0.533. The number of hydrogen-bond donors (Lipinski definition) is 2. The molecule has 1 unspecified atom stereocenters. The molecule has 0 bridgehead atoms. The molecule has 0 aromatic heterocycles. The van der Waals surface area contributed by atoms with E-state index >= 15 is 0 Å². The normalized spacial score (nSPS) is 11.8. The summed E-state index contributed by atoms with van der Waals surface area (Å²) in [6.07, 6.45) is 0.666. The van der Waals surface area contributed by atoms with Crippen molar-refractivity contribution in [3.8, 4) is 11.5 Å². The number of hydrogen-bond acceptors (Lipinski definition) is 4. The first-order valence-corrected chi connectivity index (χ1v) is 6.75. The van der Waals surface area contributed by atoms with E-state index in [2.05, 4.69) is 5.32 Å². The van der Waals surface area contributed by atoms with Gasteiger partial charge in [-0.25, -0.2) is 0 Å². The van der Waals surface area contributed by atoms with E-state index in [4.69, 9.17) is 9.47 Å². The van der Waals surface area contributed by atoms with E-state index in [1.807, 2.05) is 25.1 Å². The molecular formula is C15H23NO4. The van der Waals surface area contributed by atoms with E-state index in [1.54, 1.807) is 7.11 Å². The number of aliphatic hydroxyl groups is 1. The molecule has 0 spiro atoms. The summed E-state index contributed by atoms with van der Waals surface area (Å²) >= 11 is 0. The van der Waals surface area contributed by atoms with Gasteiger partial charge in [0.1, 0.15) is 0 Å². The summed E-state index contributed by atoms with van der Waals surface area (Å²) in [5.74, 6) is 1.29. The predicted octanol–water partition coefficient (Wildman–Crippen LogP) is 1.38. The molecule has 1 aromatic carbocycles. The van der Waals surface area contributed by atoms with Crippen LogP contribution >= 0.6 is 0 Å². The van der Waals surface area contributed by atoms with Crippen LogP contribution in [0.15, 0.2) is 18.2 Å². The molecule has 0 radical (unpaired) electrons. The van der Waals surface area contributed by atoms with E-state index in [0.717, 1.165) is 5.56 Å². The number of methoxy groups -OCH3 is 1. The highest BCUT2D eigenvalue weighted by Gasteiger charge is 2.12. The molecule has 0 aliphatic rings. The molecule has 20 heavy (non-hydrogen) atoms. The quantitative estimate of drug-likeness (QED) is 0.755. The van der Waals surface area contributed by atoms with Crippen molar-refractivity contribution < 1.29 is 19.4 Å². The Balaban J connectivity index is 2.72. The summed E-state index contributed by atoms with van der Waals surface area (Å²) in [6, 6.07) is 5.72. The van der Waals surface area contributed by atoms with Crippen molar-refractivity contribution in [1.29, 1.82) is 0 Å². The first kappa shape index (κ1) is 16.3. The number of carbonyl (C=O) groups excluding carboxylic acids is 1. The zero-order chi connectivity index (χ0) is 15.0. The third kappa shape index (κ3) is 5.09. The smallest absolute Gasteiger partial charge is 0.216 e. The Morgan fingerprint density at radius 1 is 1.40 bits per heavy atom. The zero-order valence-electron chi connectivity index (χ0n) is 12.3. The van der Waals surface area contributed by atoms with Gasteiger partial charge in [0.15, 0.2) is 11.5 Å². The van der Waals surface area contributed by atoms with Gasteiger partial charge in [0.2, 0.25) is 5.91 Å². The fourth-order valence-corrected chi connectivity index (χ4v) is 1.94. The number of rotatable bonds is 8. The maximum atomic E-state index is 10.9. The Hall–Kier alpha value is -1.75. The molecule has 5 nitrogen and oxygen atoms in total. The first-order chi connectivity index (χ1) is 9.60. The molecule has 5 heteroatoms. The third-order valence-corrected chi connectivity index (χ3v) is 2.95. The molecule has 0 saturated carbocycles. The van der Waals surface area contributed by atoms with E-state index in [1.165, 1.54) is 6.92 Å². The molecular weight excluding hydrogens is 258 g/mol. The number of aliphatic hydroxyl groups excluding tert-OH is 1. The summed E-state index contributed by atoms with van der Waals surface area (Å²) in [4.78, 5) is 10.9. The van der Waals surface area contributed by atoms with Crippen molar-refractivity contribution in [2.45, 2.75) is 20.3 Å². The van der Waals surface area contributed by atoms with Crippen molar-refractivity contribution in [3.63, 3.8) is 0 Å². The summed E-state index contributed by atoms with van der Waals surface area (Å²) < 4.78 is 10.8. The van der Waals surface area contributed by atoms with Crippen LogP contribution in [0.4, 0.5) is 0 Å². The van der Waals surface area contributed by atoms with Gasteiger partial charge in [-0.3, -0.25) is 4.79 Å². The maximum Gasteiger partial charge on any atom is 0.216 e. The SMILES string of the molecule is CCOc1ccc(CC(CO)CNC(C)=O)cc1OC. The van der Waals surface area contributed by atoms with Crippen molar-refractivity contribution >= 4 is 5.91 Å². The second kappa shape index (κ2) is 8.43. The van der Waals surface area contributed by atoms with E-state index < -0.39 is 0 Å². The lowest BCUT2D eigenvalue weighted by molar-refractivity contribution is -0.119. The fourth-order valence-electron chi connectivity index (χ4n) is 1.94. The van der Waals surface area contributed by atoms with Gasteiger partial charge in [-0.2, -0.15) is 0 Å². The minimum absolute atomic E-state index is 0.0125. The van der Waals surface area contributed by atoms with Gasteiger partial charge in [-0.1, -0.05) is 6.07 Å². The molecule has 1 amide bonds. The topological polar surface area (TPSA) is 67.8 Å². The van der Waals surface area contributed by atoms with Crippen LogP contribution in [0, 0.1) is 5.92 Å². The lowest BCUT2D eigenvalue weighted by Gasteiger charge is -2.16. The number of benzene rings is 1. The van der Waals surface area contributed by atoms with E-state index in [-0.39, 0.29) is 18.4 Å². The summed E-state index contributed by atoms with van der Waals surface area (Å²) in [5.41, 5.74) is 1.04. The van der Waals surface area contributed by atoms with Crippen LogP contribution in [0.5, 0.6) is 11.5 Å². The van der Waals surface area contributed by atoms with Gasteiger partial charge in [0, 0.05) is 26.0 Å². The molecule has 0 aliphatic carbocycles. The summed E-state index contributed by atoms with van der Waals surface area (Å²) in [6.45, 7) is 4.45. The molecule has 2 N–H and O–H groups in total. The molecule has 112 valence electrons. The lowest BCUT2D eigenvalue weighted by Crippen LogP contribution is -2.30. The van der Waals surface area contributed by atoms with Crippen LogP contribution in [-0.2, 0) is 11.2 Å². The van der Waals surface area contributed by atoms with Crippen molar-refractivity contribution in [3.05, 3.63) is 23.8 Å². The molecule has 0 saturated heterocycles. The van der Waals surface area contributed by atoms with Crippen molar-refractivity contribution in [2.24, 2.45) is 5.92 Å². The zero-order valence-corrected chi connectivity index (χ0v) is 12.3.